The van der Waals surface area contributed by atoms with Crippen LogP contribution in [0.1, 0.15) is 18.5 Å². The third-order valence-corrected chi connectivity index (χ3v) is 4.06. The third-order valence-electron chi connectivity index (χ3n) is 2.41. The van der Waals surface area contributed by atoms with Gasteiger partial charge in [0.05, 0.1) is 5.25 Å². The van der Waals surface area contributed by atoms with Crippen molar-refractivity contribution >= 4 is 9.84 Å². The molecule has 0 aliphatic rings. The highest BCUT2D eigenvalue weighted by Crippen LogP contribution is 2.19. The monoisotopic (exact) mass is 231 g/mol. The summed E-state index contributed by atoms with van der Waals surface area (Å²) >= 11 is 0. The molecule has 1 aromatic carbocycles. The SMILES string of the molecule is C[C@H]([C@@H](N)c1cccc(F)c1)S(C)(=O)=O. The van der Waals surface area contributed by atoms with E-state index in [1.54, 1.807) is 6.07 Å². The normalized spacial score (nSPS) is 16.0. The molecule has 84 valence electrons. The zero-order valence-electron chi connectivity index (χ0n) is 8.64. The summed E-state index contributed by atoms with van der Waals surface area (Å²) in [6.45, 7) is 1.52. The van der Waals surface area contributed by atoms with Crippen LogP contribution >= 0.6 is 0 Å². The average molecular weight is 231 g/mol. The lowest BCUT2D eigenvalue weighted by Crippen LogP contribution is -2.30. The first-order valence-corrected chi connectivity index (χ1v) is 6.47. The maximum Gasteiger partial charge on any atom is 0.151 e. The number of nitrogens with two attached hydrogens (primary N) is 1. The predicted molar refractivity (Wildman–Crippen MR) is 57.6 cm³/mol. The fourth-order valence-electron chi connectivity index (χ4n) is 1.25. The molecule has 0 aliphatic carbocycles. The summed E-state index contributed by atoms with van der Waals surface area (Å²) in [7, 11) is -3.21. The molecule has 2 N–H and O–H groups in total. The summed E-state index contributed by atoms with van der Waals surface area (Å²) in [6.07, 6.45) is 1.12. The summed E-state index contributed by atoms with van der Waals surface area (Å²) < 4.78 is 35.4. The van der Waals surface area contributed by atoms with Crippen LogP contribution in [0, 0.1) is 5.82 Å². The quantitative estimate of drug-likeness (QED) is 0.852. The van der Waals surface area contributed by atoms with Gasteiger partial charge < -0.3 is 5.73 Å². The Hall–Kier alpha value is -0.940. The minimum Gasteiger partial charge on any atom is -0.323 e. The molecule has 0 saturated carbocycles. The van der Waals surface area contributed by atoms with Crippen LogP contribution in [0.5, 0.6) is 0 Å². The number of rotatable bonds is 3. The van der Waals surface area contributed by atoms with E-state index in [2.05, 4.69) is 0 Å². The highest BCUT2D eigenvalue weighted by atomic mass is 32.2. The Morgan fingerprint density at radius 1 is 1.40 bits per heavy atom. The topological polar surface area (TPSA) is 60.2 Å². The Kier molecular flexibility index (Phi) is 3.46. The van der Waals surface area contributed by atoms with Crippen molar-refractivity contribution in [2.24, 2.45) is 5.73 Å². The fourth-order valence-corrected chi connectivity index (χ4v) is 1.94. The lowest BCUT2D eigenvalue weighted by Gasteiger charge is -2.18. The van der Waals surface area contributed by atoms with Crippen molar-refractivity contribution < 1.29 is 12.8 Å². The molecular formula is C10H14FNO2S. The van der Waals surface area contributed by atoms with Gasteiger partial charge in [0.15, 0.2) is 9.84 Å². The molecule has 0 aliphatic heterocycles. The first-order chi connectivity index (χ1) is 6.82. The molecule has 5 heteroatoms. The zero-order chi connectivity index (χ0) is 11.6. The van der Waals surface area contributed by atoms with Crippen molar-refractivity contribution in [2.45, 2.75) is 18.2 Å². The molecule has 0 saturated heterocycles. The Bertz CT molecular complexity index is 444. The second-order valence-electron chi connectivity index (χ2n) is 3.62. The van der Waals surface area contributed by atoms with Crippen molar-refractivity contribution in [1.29, 1.82) is 0 Å². The maximum absolute atomic E-state index is 12.9. The molecule has 0 amide bonds. The van der Waals surface area contributed by atoms with E-state index in [0.29, 0.717) is 5.56 Å². The molecule has 1 aromatic rings. The Balaban J connectivity index is 3.00. The second kappa shape index (κ2) is 4.28. The Labute approximate surface area is 89.0 Å². The van der Waals surface area contributed by atoms with Crippen LogP contribution in [-0.4, -0.2) is 19.9 Å². The van der Waals surface area contributed by atoms with Gasteiger partial charge in [-0.05, 0) is 24.6 Å². The Morgan fingerprint density at radius 2 is 2.00 bits per heavy atom. The van der Waals surface area contributed by atoms with Gasteiger partial charge in [0.25, 0.3) is 0 Å². The molecule has 0 bridgehead atoms. The van der Waals surface area contributed by atoms with E-state index in [1.165, 1.54) is 25.1 Å². The van der Waals surface area contributed by atoms with Crippen LogP contribution in [0.25, 0.3) is 0 Å². The summed E-state index contributed by atoms with van der Waals surface area (Å²) in [4.78, 5) is 0. The highest BCUT2D eigenvalue weighted by Gasteiger charge is 2.24. The number of hydrogen-bond acceptors (Lipinski definition) is 3. The van der Waals surface area contributed by atoms with E-state index in [4.69, 9.17) is 5.73 Å². The van der Waals surface area contributed by atoms with Gasteiger partial charge in [0.1, 0.15) is 5.82 Å². The summed E-state index contributed by atoms with van der Waals surface area (Å²) in [5.41, 5.74) is 6.24. The van der Waals surface area contributed by atoms with Crippen LogP contribution < -0.4 is 5.73 Å². The van der Waals surface area contributed by atoms with Gasteiger partial charge in [-0.25, -0.2) is 12.8 Å². The molecule has 0 radical (unpaired) electrons. The van der Waals surface area contributed by atoms with E-state index in [9.17, 15) is 12.8 Å². The van der Waals surface area contributed by atoms with E-state index in [0.717, 1.165) is 6.26 Å². The summed E-state index contributed by atoms with van der Waals surface area (Å²) in [5, 5.41) is -0.723. The number of sulfone groups is 1. The van der Waals surface area contributed by atoms with Gasteiger partial charge in [-0.2, -0.15) is 0 Å². The van der Waals surface area contributed by atoms with Crippen LogP contribution in [0.2, 0.25) is 0 Å². The fraction of sp³-hybridized carbons (Fsp3) is 0.400. The molecule has 3 nitrogen and oxygen atoms in total. The predicted octanol–water partition coefficient (Wildman–Crippen LogP) is 1.26. The highest BCUT2D eigenvalue weighted by molar-refractivity contribution is 7.91. The molecular weight excluding hydrogens is 217 g/mol. The van der Waals surface area contributed by atoms with E-state index in [1.807, 2.05) is 0 Å². The van der Waals surface area contributed by atoms with Crippen molar-refractivity contribution in [1.82, 2.24) is 0 Å². The van der Waals surface area contributed by atoms with E-state index in [-0.39, 0.29) is 0 Å². The summed E-state index contributed by atoms with van der Waals surface area (Å²) in [5.74, 6) is -0.413. The van der Waals surface area contributed by atoms with E-state index >= 15 is 0 Å². The van der Waals surface area contributed by atoms with Crippen molar-refractivity contribution in [3.63, 3.8) is 0 Å². The van der Waals surface area contributed by atoms with Crippen molar-refractivity contribution in [3.05, 3.63) is 35.6 Å². The van der Waals surface area contributed by atoms with Crippen LogP contribution in [0.15, 0.2) is 24.3 Å². The van der Waals surface area contributed by atoms with Gasteiger partial charge in [0.2, 0.25) is 0 Å². The molecule has 0 aromatic heterocycles. The maximum atomic E-state index is 12.9. The number of benzene rings is 1. The molecule has 0 fully saturated rings. The third kappa shape index (κ3) is 3.00. The largest absolute Gasteiger partial charge is 0.323 e. The van der Waals surface area contributed by atoms with Gasteiger partial charge >= 0.3 is 0 Å². The molecule has 15 heavy (non-hydrogen) atoms. The Morgan fingerprint density at radius 3 is 2.47 bits per heavy atom. The van der Waals surface area contributed by atoms with Gasteiger partial charge in [-0.15, -0.1) is 0 Å². The lowest BCUT2D eigenvalue weighted by molar-refractivity contribution is 0.568. The van der Waals surface area contributed by atoms with Crippen molar-refractivity contribution in [3.8, 4) is 0 Å². The first kappa shape index (κ1) is 12.1. The van der Waals surface area contributed by atoms with Crippen molar-refractivity contribution in [2.75, 3.05) is 6.26 Å². The average Bonchev–Trinajstić information content (AvgIpc) is 2.14. The van der Waals surface area contributed by atoms with E-state index < -0.39 is 26.9 Å². The van der Waals surface area contributed by atoms with Crippen LogP contribution in [0.4, 0.5) is 4.39 Å². The van der Waals surface area contributed by atoms with Crippen LogP contribution in [-0.2, 0) is 9.84 Å². The molecule has 0 heterocycles. The molecule has 0 unspecified atom stereocenters. The second-order valence-corrected chi connectivity index (χ2v) is 6.02. The number of hydrogen-bond donors (Lipinski definition) is 1. The zero-order valence-corrected chi connectivity index (χ0v) is 9.46. The van der Waals surface area contributed by atoms with Gasteiger partial charge in [-0.3, -0.25) is 0 Å². The molecule has 0 spiro atoms. The van der Waals surface area contributed by atoms with Crippen LogP contribution in [0.3, 0.4) is 0 Å². The first-order valence-electron chi connectivity index (χ1n) is 4.52. The molecule has 2 atom stereocenters. The standard InChI is InChI=1S/C10H14FNO2S/c1-7(15(2,13)14)10(12)8-4-3-5-9(11)6-8/h3-7,10H,12H2,1-2H3/t7-,10-/m1/s1. The minimum atomic E-state index is -3.21. The minimum absolute atomic E-state index is 0.413. The van der Waals surface area contributed by atoms with Gasteiger partial charge in [-0.1, -0.05) is 12.1 Å². The summed E-state index contributed by atoms with van der Waals surface area (Å²) in [6, 6.07) is 4.98. The molecule has 1 rings (SSSR count). The smallest absolute Gasteiger partial charge is 0.151 e. The number of halogens is 1. The van der Waals surface area contributed by atoms with Gasteiger partial charge in [0, 0.05) is 12.3 Å². The lowest BCUT2D eigenvalue weighted by atomic mass is 10.1.